The standard InChI is InChI=1S/C35H29Cl2N3O2/c36-29-10-5-24(6-11-29)23-1-3-27(4-2-23)35(42)39-31-15-16-33-28(21-31)9-14-32(38-33)22-40-19-17-26(18-20-40)34(41)25-7-12-30(37)13-8-25/h1-16,21,26H,17-20,22H2,(H,39,42). The number of Topliss-reactive ketones (excluding diaryl/α,β-unsaturated/α-hetero) is 1. The normalized spacial score (nSPS) is 14.1. The van der Waals surface area contributed by atoms with Crippen LogP contribution in [0.1, 0.15) is 39.3 Å². The molecule has 5 nitrogen and oxygen atoms in total. The van der Waals surface area contributed by atoms with Crippen molar-refractivity contribution in [3.63, 3.8) is 0 Å². The van der Waals surface area contributed by atoms with Gasteiger partial charge < -0.3 is 5.32 Å². The van der Waals surface area contributed by atoms with Crippen LogP contribution in [0.2, 0.25) is 10.0 Å². The zero-order chi connectivity index (χ0) is 29.1. The molecule has 1 saturated heterocycles. The van der Waals surface area contributed by atoms with Gasteiger partial charge in [0.2, 0.25) is 0 Å². The summed E-state index contributed by atoms with van der Waals surface area (Å²) in [4.78, 5) is 33.0. The Labute approximate surface area is 255 Å². The van der Waals surface area contributed by atoms with E-state index in [0.29, 0.717) is 15.6 Å². The number of fused-ring (bicyclic) bond motifs is 1. The minimum atomic E-state index is -0.167. The molecule has 0 unspecified atom stereocenters. The molecule has 0 bridgehead atoms. The third-order valence-corrected chi connectivity index (χ3v) is 8.31. The number of piperidine rings is 1. The second-order valence-corrected chi connectivity index (χ2v) is 11.5. The quantitative estimate of drug-likeness (QED) is 0.192. The van der Waals surface area contributed by atoms with Gasteiger partial charge in [0.25, 0.3) is 5.91 Å². The van der Waals surface area contributed by atoms with Crippen LogP contribution in [-0.2, 0) is 6.54 Å². The molecule has 4 aromatic carbocycles. The van der Waals surface area contributed by atoms with E-state index in [1.165, 1.54) is 0 Å². The number of likely N-dealkylation sites (tertiary alicyclic amines) is 1. The number of ketones is 1. The van der Waals surface area contributed by atoms with Crippen molar-refractivity contribution in [2.75, 3.05) is 18.4 Å². The number of aromatic nitrogens is 1. The lowest BCUT2D eigenvalue weighted by atomic mass is 9.89. The molecule has 7 heteroatoms. The number of pyridine rings is 1. The summed E-state index contributed by atoms with van der Waals surface area (Å²) in [6, 6.07) is 32.2. The fourth-order valence-corrected chi connectivity index (χ4v) is 5.68. The molecule has 1 aliphatic heterocycles. The lowest BCUT2D eigenvalue weighted by molar-refractivity contribution is 0.0833. The van der Waals surface area contributed by atoms with Gasteiger partial charge in [-0.15, -0.1) is 0 Å². The molecule has 1 aliphatic rings. The molecule has 0 aliphatic carbocycles. The number of anilines is 1. The highest BCUT2D eigenvalue weighted by Gasteiger charge is 2.26. The molecule has 1 fully saturated rings. The van der Waals surface area contributed by atoms with E-state index < -0.39 is 0 Å². The summed E-state index contributed by atoms with van der Waals surface area (Å²) in [5.41, 5.74) is 5.97. The maximum atomic E-state index is 12.9. The van der Waals surface area contributed by atoms with Gasteiger partial charge >= 0.3 is 0 Å². The van der Waals surface area contributed by atoms with Crippen molar-refractivity contribution in [1.82, 2.24) is 9.88 Å². The number of nitrogens with zero attached hydrogens (tertiary/aromatic N) is 2. The smallest absolute Gasteiger partial charge is 0.255 e. The summed E-state index contributed by atoms with van der Waals surface area (Å²) in [5.74, 6) is 0.0783. The van der Waals surface area contributed by atoms with Gasteiger partial charge in [-0.3, -0.25) is 19.5 Å². The zero-order valence-corrected chi connectivity index (χ0v) is 24.4. The Balaban J connectivity index is 1.05. The van der Waals surface area contributed by atoms with E-state index in [1.807, 2.05) is 91.0 Å². The molecule has 1 aromatic heterocycles. The number of nitrogens with one attached hydrogen (secondary N) is 1. The van der Waals surface area contributed by atoms with Gasteiger partial charge in [0, 0.05) is 44.7 Å². The summed E-state index contributed by atoms with van der Waals surface area (Å²) in [6.07, 6.45) is 1.67. The topological polar surface area (TPSA) is 62.3 Å². The van der Waals surface area contributed by atoms with E-state index in [9.17, 15) is 9.59 Å². The summed E-state index contributed by atoms with van der Waals surface area (Å²) < 4.78 is 0. The summed E-state index contributed by atoms with van der Waals surface area (Å²) in [7, 11) is 0. The van der Waals surface area contributed by atoms with E-state index in [4.69, 9.17) is 28.2 Å². The van der Waals surface area contributed by atoms with Crippen molar-refractivity contribution >= 4 is 51.5 Å². The Morgan fingerprint density at radius 1 is 0.738 bits per heavy atom. The molecule has 2 heterocycles. The zero-order valence-electron chi connectivity index (χ0n) is 22.9. The van der Waals surface area contributed by atoms with Gasteiger partial charge in [-0.2, -0.15) is 0 Å². The van der Waals surface area contributed by atoms with E-state index >= 15 is 0 Å². The predicted molar refractivity (Wildman–Crippen MR) is 170 cm³/mol. The fraction of sp³-hybridized carbons (Fsp3) is 0.171. The second kappa shape index (κ2) is 12.5. The van der Waals surface area contributed by atoms with Crippen molar-refractivity contribution in [3.05, 3.63) is 130 Å². The maximum absolute atomic E-state index is 12.9. The van der Waals surface area contributed by atoms with Crippen molar-refractivity contribution in [2.24, 2.45) is 5.92 Å². The van der Waals surface area contributed by atoms with Crippen LogP contribution in [0.25, 0.3) is 22.0 Å². The first-order valence-electron chi connectivity index (χ1n) is 14.0. The highest BCUT2D eigenvalue weighted by atomic mass is 35.5. The molecule has 0 saturated carbocycles. The van der Waals surface area contributed by atoms with Crippen molar-refractivity contribution in [2.45, 2.75) is 19.4 Å². The number of carbonyl (C=O) groups is 2. The largest absolute Gasteiger partial charge is 0.322 e. The van der Waals surface area contributed by atoms with Gasteiger partial charge in [0.15, 0.2) is 5.78 Å². The molecule has 0 spiro atoms. The molecule has 1 N–H and O–H groups in total. The molecule has 210 valence electrons. The molecular formula is C35H29Cl2N3O2. The Morgan fingerprint density at radius 3 is 2.00 bits per heavy atom. The SMILES string of the molecule is O=C(Nc1ccc2nc(CN3CCC(C(=O)c4ccc(Cl)cc4)CC3)ccc2c1)c1ccc(-c2ccc(Cl)cc2)cc1. The van der Waals surface area contributed by atoms with E-state index in [0.717, 1.165) is 71.5 Å². The minimum absolute atomic E-state index is 0.0436. The number of halogens is 2. The highest BCUT2D eigenvalue weighted by molar-refractivity contribution is 6.31. The number of rotatable bonds is 7. The fourth-order valence-electron chi connectivity index (χ4n) is 5.43. The lowest BCUT2D eigenvalue weighted by Gasteiger charge is -2.31. The monoisotopic (exact) mass is 593 g/mol. The molecular weight excluding hydrogens is 565 g/mol. The van der Waals surface area contributed by atoms with Gasteiger partial charge in [0.1, 0.15) is 0 Å². The average molecular weight is 595 g/mol. The first-order valence-corrected chi connectivity index (χ1v) is 14.8. The van der Waals surface area contributed by atoms with Gasteiger partial charge in [-0.1, -0.05) is 53.5 Å². The molecule has 1 amide bonds. The number of benzene rings is 4. The number of carbonyl (C=O) groups excluding carboxylic acids is 2. The number of hydrogen-bond donors (Lipinski definition) is 1. The van der Waals surface area contributed by atoms with Crippen LogP contribution in [0, 0.1) is 5.92 Å². The summed E-state index contributed by atoms with van der Waals surface area (Å²) >= 11 is 12.0. The third-order valence-electron chi connectivity index (χ3n) is 7.80. The van der Waals surface area contributed by atoms with Gasteiger partial charge in [0.05, 0.1) is 11.2 Å². The molecule has 5 aromatic rings. The Bertz CT molecular complexity index is 1730. The van der Waals surface area contributed by atoms with Crippen LogP contribution in [0.15, 0.2) is 103 Å². The average Bonchev–Trinajstić information content (AvgIpc) is 3.02. The van der Waals surface area contributed by atoms with Crippen LogP contribution in [0.3, 0.4) is 0 Å². The first-order chi connectivity index (χ1) is 20.4. The summed E-state index contributed by atoms with van der Waals surface area (Å²) in [6.45, 7) is 2.45. The van der Waals surface area contributed by atoms with Crippen LogP contribution >= 0.6 is 23.2 Å². The van der Waals surface area contributed by atoms with E-state index in [1.54, 1.807) is 12.1 Å². The van der Waals surface area contributed by atoms with Crippen molar-refractivity contribution < 1.29 is 9.59 Å². The Hall–Kier alpha value is -4.03. The predicted octanol–water partition coefficient (Wildman–Crippen LogP) is 8.56. The number of amides is 1. The highest BCUT2D eigenvalue weighted by Crippen LogP contribution is 2.26. The second-order valence-electron chi connectivity index (χ2n) is 10.7. The van der Waals surface area contributed by atoms with Crippen LogP contribution in [0.4, 0.5) is 5.69 Å². The minimum Gasteiger partial charge on any atom is -0.322 e. The summed E-state index contributed by atoms with van der Waals surface area (Å²) in [5, 5.41) is 5.29. The third kappa shape index (κ3) is 6.55. The van der Waals surface area contributed by atoms with E-state index in [2.05, 4.69) is 10.2 Å². The molecule has 6 rings (SSSR count). The van der Waals surface area contributed by atoms with E-state index in [-0.39, 0.29) is 17.6 Å². The van der Waals surface area contributed by atoms with Crippen molar-refractivity contribution in [3.8, 4) is 11.1 Å². The molecule has 0 atom stereocenters. The molecule has 0 radical (unpaired) electrons. The van der Waals surface area contributed by atoms with Gasteiger partial charge in [-0.25, -0.2) is 0 Å². The van der Waals surface area contributed by atoms with Crippen molar-refractivity contribution in [1.29, 1.82) is 0 Å². The number of hydrogen-bond acceptors (Lipinski definition) is 4. The maximum Gasteiger partial charge on any atom is 0.255 e. The first kappa shape index (κ1) is 28.1. The van der Waals surface area contributed by atoms with Crippen LogP contribution in [-0.4, -0.2) is 34.7 Å². The van der Waals surface area contributed by atoms with Gasteiger partial charge in [-0.05, 0) is 110 Å². The lowest BCUT2D eigenvalue weighted by Crippen LogP contribution is -2.36. The van der Waals surface area contributed by atoms with Crippen LogP contribution in [0.5, 0.6) is 0 Å². The van der Waals surface area contributed by atoms with Crippen LogP contribution < -0.4 is 5.32 Å². The Kier molecular flexibility index (Phi) is 8.34. The Morgan fingerprint density at radius 2 is 1.33 bits per heavy atom. The molecule has 42 heavy (non-hydrogen) atoms.